The monoisotopic (exact) mass is 604 g/mol. The van der Waals surface area contributed by atoms with E-state index in [0.29, 0.717) is 0 Å². The SMILES string of the molecule is CCCCc1ccc(Pc2ccccc2)cc1.[Cl-].[Cl-].[Pd+2].c1ccc(Pc2ccccc2)cc1. The molecule has 0 spiro atoms. The molecule has 0 saturated heterocycles. The Labute approximate surface area is 229 Å². The maximum atomic E-state index is 2.28. The molecule has 4 rings (SSSR count). The van der Waals surface area contributed by atoms with Gasteiger partial charge in [-0.1, -0.05) is 146 Å². The van der Waals surface area contributed by atoms with Gasteiger partial charge in [0.05, 0.1) is 0 Å². The molecule has 1 unspecified atom stereocenters. The molecule has 0 nitrogen and oxygen atoms in total. The predicted octanol–water partition coefficient (Wildman–Crippen LogP) is -0.0201. The van der Waals surface area contributed by atoms with Gasteiger partial charge in [-0.2, -0.15) is 0 Å². The van der Waals surface area contributed by atoms with E-state index in [2.05, 4.69) is 122 Å². The van der Waals surface area contributed by atoms with Gasteiger partial charge >= 0.3 is 20.4 Å². The van der Waals surface area contributed by atoms with Crippen LogP contribution in [0.15, 0.2) is 115 Å². The Hall–Kier alpha value is -1.02. The number of hydrogen-bond donors (Lipinski definition) is 0. The zero-order valence-corrected chi connectivity index (χ0v) is 23.7. The van der Waals surface area contributed by atoms with Gasteiger partial charge in [-0.25, -0.2) is 0 Å². The number of halogens is 2. The van der Waals surface area contributed by atoms with Gasteiger partial charge < -0.3 is 24.8 Å². The van der Waals surface area contributed by atoms with Crippen LogP contribution in [-0.2, 0) is 26.8 Å². The van der Waals surface area contributed by atoms with Crippen LogP contribution in [0.4, 0.5) is 0 Å². The number of hydrogen-bond acceptors (Lipinski definition) is 0. The smallest absolute Gasteiger partial charge is 1.00 e. The molecule has 0 heterocycles. The summed E-state index contributed by atoms with van der Waals surface area (Å²) in [6.07, 6.45) is 3.78. The fourth-order valence-electron chi connectivity index (χ4n) is 3.03. The predicted molar refractivity (Wildman–Crippen MR) is 140 cm³/mol. The summed E-state index contributed by atoms with van der Waals surface area (Å²) in [5.74, 6) is 0. The summed E-state index contributed by atoms with van der Waals surface area (Å²) in [5.41, 5.74) is 1.47. The van der Waals surface area contributed by atoms with Crippen molar-refractivity contribution < 1.29 is 45.2 Å². The number of benzene rings is 4. The molecule has 0 aromatic heterocycles. The van der Waals surface area contributed by atoms with Gasteiger partial charge in [-0.3, -0.25) is 0 Å². The van der Waals surface area contributed by atoms with Crippen molar-refractivity contribution in [3.63, 3.8) is 0 Å². The summed E-state index contributed by atoms with van der Waals surface area (Å²) in [4.78, 5) is 0. The zero-order valence-electron chi connectivity index (χ0n) is 18.7. The van der Waals surface area contributed by atoms with E-state index in [1.807, 2.05) is 0 Å². The molecular weight excluding hydrogens is 576 g/mol. The van der Waals surface area contributed by atoms with Gasteiger partial charge in [0.15, 0.2) is 0 Å². The molecule has 0 fully saturated rings. The van der Waals surface area contributed by atoms with E-state index in [9.17, 15) is 0 Å². The normalized spacial score (nSPS) is 9.61. The van der Waals surface area contributed by atoms with Crippen molar-refractivity contribution in [1.82, 2.24) is 0 Å². The fraction of sp³-hybridized carbons (Fsp3) is 0.143. The maximum absolute atomic E-state index is 2.28. The Kier molecular flexibility index (Phi) is 18.7. The molecule has 4 aromatic carbocycles. The minimum atomic E-state index is 0. The second kappa shape index (κ2) is 19.3. The number of rotatable bonds is 7. The summed E-state index contributed by atoms with van der Waals surface area (Å²) >= 11 is 0. The van der Waals surface area contributed by atoms with Gasteiger partial charge in [-0.15, -0.1) is 0 Å². The summed E-state index contributed by atoms with van der Waals surface area (Å²) in [5, 5.41) is 5.63. The third-order valence-electron chi connectivity index (χ3n) is 4.67. The Morgan fingerprint density at radius 1 is 0.485 bits per heavy atom. The molecule has 176 valence electrons. The standard InChI is InChI=1S/C16H19P.C12H11P.2ClH.Pd/c1-2-3-7-14-10-12-16(13-11-14)17-15-8-5-4-6-9-15;1-3-7-11(8-4-1)13-12-9-5-2-6-10-12;;;/h4-6,8-13,17H,2-3,7H2,1H3;1-10,13H;2*1H;/q;;;;+2/p-2. The molecule has 5 heteroatoms. The molecule has 0 aliphatic carbocycles. The average Bonchev–Trinajstić information content (AvgIpc) is 2.81. The second-order valence-electron chi connectivity index (χ2n) is 7.15. The summed E-state index contributed by atoms with van der Waals surface area (Å²) in [7, 11) is 1.55. The minimum absolute atomic E-state index is 0. The van der Waals surface area contributed by atoms with Crippen LogP contribution in [0.1, 0.15) is 25.3 Å². The van der Waals surface area contributed by atoms with Crippen molar-refractivity contribution >= 4 is 38.4 Å². The second-order valence-corrected chi connectivity index (χ2v) is 9.96. The Morgan fingerprint density at radius 2 is 0.818 bits per heavy atom. The first-order valence-corrected chi connectivity index (χ1v) is 12.6. The van der Waals surface area contributed by atoms with Crippen LogP contribution in [-0.4, -0.2) is 0 Å². The molecule has 0 radical (unpaired) electrons. The van der Waals surface area contributed by atoms with Crippen molar-refractivity contribution in [3.05, 3.63) is 121 Å². The van der Waals surface area contributed by atoms with E-state index in [-0.39, 0.29) is 45.2 Å². The molecule has 1 atom stereocenters. The van der Waals surface area contributed by atoms with Crippen LogP contribution in [0.25, 0.3) is 0 Å². The van der Waals surface area contributed by atoms with Crippen molar-refractivity contribution in [1.29, 1.82) is 0 Å². The number of aryl methyl sites for hydroxylation is 1. The molecule has 0 bridgehead atoms. The molecule has 0 aliphatic heterocycles. The van der Waals surface area contributed by atoms with Gasteiger partial charge in [-0.05, 0) is 39.6 Å². The molecular formula is C28H30Cl2P2Pd. The minimum Gasteiger partial charge on any atom is -1.00 e. The quantitative estimate of drug-likeness (QED) is 0.205. The van der Waals surface area contributed by atoms with E-state index < -0.39 is 0 Å². The van der Waals surface area contributed by atoms with Crippen LogP contribution < -0.4 is 46.0 Å². The molecule has 0 N–H and O–H groups in total. The van der Waals surface area contributed by atoms with Crippen molar-refractivity contribution in [2.75, 3.05) is 0 Å². The first-order chi connectivity index (χ1) is 14.8. The summed E-state index contributed by atoms with van der Waals surface area (Å²) in [6.45, 7) is 2.24. The van der Waals surface area contributed by atoms with Gasteiger partial charge in [0, 0.05) is 0 Å². The van der Waals surface area contributed by atoms with Gasteiger partial charge in [0.2, 0.25) is 0 Å². The third kappa shape index (κ3) is 12.9. The van der Waals surface area contributed by atoms with E-state index >= 15 is 0 Å². The topological polar surface area (TPSA) is 0 Å². The van der Waals surface area contributed by atoms with Crippen LogP contribution in [0.3, 0.4) is 0 Å². The average molecular weight is 606 g/mol. The van der Waals surface area contributed by atoms with Crippen LogP contribution in [0.2, 0.25) is 0 Å². The molecule has 0 aliphatic rings. The largest absolute Gasteiger partial charge is 2.00 e. The summed E-state index contributed by atoms with van der Waals surface area (Å²) < 4.78 is 0. The van der Waals surface area contributed by atoms with E-state index in [0.717, 1.165) is 17.2 Å². The summed E-state index contributed by atoms with van der Waals surface area (Å²) in [6, 6.07) is 40.9. The van der Waals surface area contributed by atoms with E-state index in [1.54, 1.807) is 0 Å². The van der Waals surface area contributed by atoms with Crippen molar-refractivity contribution in [2.24, 2.45) is 0 Å². The van der Waals surface area contributed by atoms with Crippen LogP contribution in [0.5, 0.6) is 0 Å². The molecule has 0 amide bonds. The fourth-order valence-corrected chi connectivity index (χ4v) is 5.11. The first kappa shape index (κ1) is 32.0. The van der Waals surface area contributed by atoms with Gasteiger partial charge in [0.1, 0.15) is 0 Å². The third-order valence-corrected chi connectivity index (χ3v) is 7.16. The van der Waals surface area contributed by atoms with E-state index in [4.69, 9.17) is 0 Å². The first-order valence-electron chi connectivity index (χ1n) is 10.6. The Bertz CT molecular complexity index is 929. The molecule has 0 saturated carbocycles. The maximum Gasteiger partial charge on any atom is 2.00 e. The Balaban J connectivity index is 0.000000584. The van der Waals surface area contributed by atoms with Crippen LogP contribution >= 0.6 is 17.2 Å². The van der Waals surface area contributed by atoms with Gasteiger partial charge in [0.25, 0.3) is 0 Å². The zero-order chi connectivity index (χ0) is 20.9. The Morgan fingerprint density at radius 3 is 1.15 bits per heavy atom. The molecule has 4 aromatic rings. The van der Waals surface area contributed by atoms with Crippen molar-refractivity contribution in [3.8, 4) is 0 Å². The van der Waals surface area contributed by atoms with E-state index in [1.165, 1.54) is 46.0 Å². The number of unbranched alkanes of at least 4 members (excludes halogenated alkanes) is 1. The van der Waals surface area contributed by atoms with Crippen molar-refractivity contribution in [2.45, 2.75) is 26.2 Å². The molecule has 33 heavy (non-hydrogen) atoms. The van der Waals surface area contributed by atoms with Crippen LogP contribution in [0, 0.1) is 0 Å².